The molecule has 0 rings (SSSR count). The molecule has 9 nitrogen and oxygen atoms in total. The lowest BCUT2D eigenvalue weighted by Crippen LogP contribution is -2.40. The highest BCUT2D eigenvalue weighted by Gasteiger charge is 2.25. The molecule has 9 heteroatoms. The van der Waals surface area contributed by atoms with Gasteiger partial charge in [-0.3, -0.25) is 9.59 Å². The Kier molecular flexibility index (Phi) is 74.0. The number of unbranched alkanes of at least 4 members (excludes halogenated alkanes) is 40. The van der Waals surface area contributed by atoms with Crippen molar-refractivity contribution in [2.45, 2.75) is 373 Å². The van der Waals surface area contributed by atoms with Gasteiger partial charge in [-0.1, -0.05) is 367 Å². The van der Waals surface area contributed by atoms with E-state index in [-0.39, 0.29) is 32.2 Å². The number of esters is 2. The fraction of sp³-hybridized carbons (Fsp3) is 0.739. The fourth-order valence-electron chi connectivity index (χ4n) is 11.6. The number of carbonyl (C=O) groups excluding carboxylic acids is 2. The SMILES string of the molecule is CC/C=C\C/C=C\C/C=C\C/C=C\C/C=C\C/C=C\CCCCCCCCCCCCCCCCC(=O)OC(COC(=O)CCCCCCCCCCCCCCCCCCCCCCCCCCCC/C=C\C/C=C\C/C=C\C/C=C\CC)COC(OCC[N+](C)(C)C)C(=O)O. The minimum atomic E-state index is -1.52. The number of nitrogens with zero attached hydrogens (tertiary/aromatic N) is 1. The zero-order valence-corrected chi connectivity index (χ0v) is 64.0. The molecule has 0 amide bonds. The summed E-state index contributed by atoms with van der Waals surface area (Å²) in [4.78, 5) is 37.8. The number of aliphatic carboxylic acids is 1. The molecule has 558 valence electrons. The number of carboxylic acid groups (broad SMARTS) is 1. The smallest absolute Gasteiger partial charge is 0.361 e. The second-order valence-corrected chi connectivity index (χ2v) is 28.3. The number of hydrogen-bond donors (Lipinski definition) is 1. The average Bonchev–Trinajstić information content (AvgIpc) is 2.59. The molecule has 0 saturated carbocycles. The van der Waals surface area contributed by atoms with Gasteiger partial charge < -0.3 is 28.5 Å². The molecule has 2 atom stereocenters. The zero-order chi connectivity index (χ0) is 70.4. The summed E-state index contributed by atoms with van der Waals surface area (Å²) in [6.45, 7) is 4.69. The molecule has 0 aromatic rings. The molecule has 0 aliphatic carbocycles. The van der Waals surface area contributed by atoms with E-state index >= 15 is 0 Å². The minimum absolute atomic E-state index is 0.182. The fourth-order valence-corrected chi connectivity index (χ4v) is 11.6. The van der Waals surface area contributed by atoms with E-state index in [1.165, 1.54) is 231 Å². The highest BCUT2D eigenvalue weighted by molar-refractivity contribution is 5.71. The Morgan fingerprint density at radius 1 is 0.309 bits per heavy atom. The quantitative estimate of drug-likeness (QED) is 0.0211. The van der Waals surface area contributed by atoms with Crippen molar-refractivity contribution in [1.29, 1.82) is 0 Å². The van der Waals surface area contributed by atoms with Gasteiger partial charge in [0.25, 0.3) is 6.29 Å². The van der Waals surface area contributed by atoms with Crippen molar-refractivity contribution in [3.63, 3.8) is 0 Å². The first-order valence-electron chi connectivity index (χ1n) is 40.7. The average molecular weight is 1350 g/mol. The largest absolute Gasteiger partial charge is 0.477 e. The number of carboxylic acids is 1. The highest BCUT2D eigenvalue weighted by Crippen LogP contribution is 2.19. The molecular weight excluding hydrogens is 1200 g/mol. The van der Waals surface area contributed by atoms with Crippen LogP contribution in [0.1, 0.15) is 361 Å². The number of allylic oxidation sites excluding steroid dienone is 20. The van der Waals surface area contributed by atoms with Crippen molar-refractivity contribution in [2.75, 3.05) is 47.5 Å². The van der Waals surface area contributed by atoms with Crippen LogP contribution in [0.2, 0.25) is 0 Å². The lowest BCUT2D eigenvalue weighted by Gasteiger charge is -2.25. The zero-order valence-electron chi connectivity index (χ0n) is 64.0. The Morgan fingerprint density at radius 2 is 0.557 bits per heavy atom. The second-order valence-electron chi connectivity index (χ2n) is 28.3. The summed E-state index contributed by atoms with van der Waals surface area (Å²) in [6, 6.07) is 0. The second kappa shape index (κ2) is 77.4. The molecule has 0 heterocycles. The number of quaternary nitrogens is 1. The lowest BCUT2D eigenvalue weighted by molar-refractivity contribution is -0.870. The third kappa shape index (κ3) is 78.9. The molecule has 1 N–H and O–H groups in total. The van der Waals surface area contributed by atoms with Crippen molar-refractivity contribution in [3.05, 3.63) is 122 Å². The van der Waals surface area contributed by atoms with Gasteiger partial charge in [0.15, 0.2) is 6.10 Å². The topological polar surface area (TPSA) is 108 Å². The predicted molar refractivity (Wildman–Crippen MR) is 419 cm³/mol. The molecule has 97 heavy (non-hydrogen) atoms. The van der Waals surface area contributed by atoms with E-state index < -0.39 is 24.3 Å². The first kappa shape index (κ1) is 92.7. The van der Waals surface area contributed by atoms with Crippen LogP contribution in [-0.2, 0) is 33.3 Å². The maximum atomic E-state index is 13.0. The van der Waals surface area contributed by atoms with E-state index in [4.69, 9.17) is 18.9 Å². The van der Waals surface area contributed by atoms with Gasteiger partial charge in [-0.2, -0.15) is 0 Å². The first-order chi connectivity index (χ1) is 47.6. The number of carbonyl (C=O) groups is 3. The molecule has 2 unspecified atom stereocenters. The first-order valence-corrected chi connectivity index (χ1v) is 40.7. The summed E-state index contributed by atoms with van der Waals surface area (Å²) in [5.41, 5.74) is 0. The molecular formula is C88H154NO8+. The van der Waals surface area contributed by atoms with Crippen LogP contribution in [0.3, 0.4) is 0 Å². The van der Waals surface area contributed by atoms with Crippen LogP contribution in [0.5, 0.6) is 0 Å². The van der Waals surface area contributed by atoms with Crippen LogP contribution in [0, 0.1) is 0 Å². The number of hydrogen-bond acceptors (Lipinski definition) is 7. The van der Waals surface area contributed by atoms with Gasteiger partial charge in [-0.05, 0) is 103 Å². The third-order valence-corrected chi connectivity index (χ3v) is 17.7. The molecule has 0 aromatic heterocycles. The van der Waals surface area contributed by atoms with Crippen LogP contribution >= 0.6 is 0 Å². The van der Waals surface area contributed by atoms with Gasteiger partial charge in [0, 0.05) is 12.8 Å². The Hall–Kier alpha value is -4.31. The number of likely N-dealkylation sites (N-methyl/N-ethyl adjacent to an activating group) is 1. The Morgan fingerprint density at radius 3 is 0.825 bits per heavy atom. The van der Waals surface area contributed by atoms with E-state index in [1.807, 2.05) is 21.1 Å². The summed E-state index contributed by atoms with van der Waals surface area (Å²) < 4.78 is 23.1. The van der Waals surface area contributed by atoms with Gasteiger partial charge >= 0.3 is 17.9 Å². The number of rotatable bonds is 75. The summed E-state index contributed by atoms with van der Waals surface area (Å²) in [6.07, 6.45) is 108. The van der Waals surface area contributed by atoms with E-state index in [0.717, 1.165) is 103 Å². The molecule has 0 saturated heterocycles. The van der Waals surface area contributed by atoms with Crippen molar-refractivity contribution in [3.8, 4) is 0 Å². The highest BCUT2D eigenvalue weighted by atomic mass is 16.7. The maximum absolute atomic E-state index is 13.0. The summed E-state index contributed by atoms with van der Waals surface area (Å²) in [5, 5.41) is 9.78. The van der Waals surface area contributed by atoms with Gasteiger partial charge in [0.05, 0.1) is 34.4 Å². The van der Waals surface area contributed by atoms with Gasteiger partial charge in [-0.15, -0.1) is 0 Å². The van der Waals surface area contributed by atoms with Gasteiger partial charge in [0.2, 0.25) is 0 Å². The van der Waals surface area contributed by atoms with Crippen LogP contribution in [0.4, 0.5) is 0 Å². The van der Waals surface area contributed by atoms with E-state index in [2.05, 4.69) is 135 Å². The molecule has 0 radical (unpaired) electrons. The minimum Gasteiger partial charge on any atom is -0.477 e. The Balaban J connectivity index is 3.99. The summed E-state index contributed by atoms with van der Waals surface area (Å²) in [7, 11) is 5.99. The van der Waals surface area contributed by atoms with Crippen LogP contribution in [-0.4, -0.2) is 87.4 Å². The molecule has 0 spiro atoms. The summed E-state index contributed by atoms with van der Waals surface area (Å²) in [5.74, 6) is -1.99. The van der Waals surface area contributed by atoms with Gasteiger partial charge in [-0.25, -0.2) is 4.79 Å². The Labute approximate surface area is 599 Å². The maximum Gasteiger partial charge on any atom is 0.361 e. The van der Waals surface area contributed by atoms with Crippen LogP contribution in [0.15, 0.2) is 122 Å². The van der Waals surface area contributed by atoms with E-state index in [1.54, 1.807) is 0 Å². The van der Waals surface area contributed by atoms with Gasteiger partial charge in [0.1, 0.15) is 13.2 Å². The standard InChI is InChI=1S/C88H153NO8/c1-6-8-10-12-14-16-18-20-22-24-26-28-30-32-34-36-38-40-41-42-43-44-45-47-48-50-52-54-56-58-60-62-64-66-68-70-72-74-76-78-85(90)95-82-84(83-96-88(87(92)93)94-81-80-89(3,4)5)97-86(91)79-77-75-73-71-69-67-65-63-61-59-57-55-53-51-49-46-39-37-35-33-31-29-27-25-23-21-19-17-15-13-11-9-7-2/h8-11,14-17,20-23,26-29,33,35,39,46,84,88H,6-7,12-13,18-19,24-25,30-32,34,36-38,40-45,47-83H2,1-5H3/p+1/b10-8-,11-9-,16-14-,17-15-,22-20-,23-21-,28-26-,29-27-,35-33-,46-39-. The Bertz CT molecular complexity index is 2020. The van der Waals surface area contributed by atoms with Crippen molar-refractivity contribution in [2.24, 2.45) is 0 Å². The molecule has 0 fully saturated rings. The number of ether oxygens (including phenoxy) is 4. The molecule has 0 aliphatic rings. The molecule has 0 bridgehead atoms. The monoisotopic (exact) mass is 1350 g/mol. The predicted octanol–water partition coefficient (Wildman–Crippen LogP) is 26.3. The van der Waals surface area contributed by atoms with E-state index in [9.17, 15) is 19.5 Å². The summed E-state index contributed by atoms with van der Waals surface area (Å²) >= 11 is 0. The van der Waals surface area contributed by atoms with Crippen molar-refractivity contribution in [1.82, 2.24) is 0 Å². The van der Waals surface area contributed by atoms with E-state index in [0.29, 0.717) is 17.4 Å². The van der Waals surface area contributed by atoms with Crippen molar-refractivity contribution >= 4 is 17.9 Å². The third-order valence-electron chi connectivity index (χ3n) is 17.7. The van der Waals surface area contributed by atoms with Crippen molar-refractivity contribution < 1.29 is 42.9 Å². The molecule has 0 aromatic carbocycles. The molecule has 0 aliphatic heterocycles. The normalized spacial score (nSPS) is 13.3. The lowest BCUT2D eigenvalue weighted by atomic mass is 10.0. The van der Waals surface area contributed by atoms with Crippen LogP contribution < -0.4 is 0 Å². The van der Waals surface area contributed by atoms with Crippen LogP contribution in [0.25, 0.3) is 0 Å².